The Morgan fingerprint density at radius 3 is 2.59 bits per heavy atom. The third-order valence-corrected chi connectivity index (χ3v) is 8.62. The number of fused-ring (bicyclic) bond motifs is 1. The largest absolute Gasteiger partial charge is 0.463 e. The molecule has 3 atom stereocenters. The van der Waals surface area contributed by atoms with Crippen molar-refractivity contribution >= 4 is 28.9 Å². The van der Waals surface area contributed by atoms with Gasteiger partial charge in [0.25, 0.3) is 0 Å². The van der Waals surface area contributed by atoms with Crippen LogP contribution < -0.4 is 11.1 Å². The number of aromatic nitrogens is 5. The van der Waals surface area contributed by atoms with Gasteiger partial charge in [-0.25, -0.2) is 19.7 Å². The highest BCUT2D eigenvalue weighted by atomic mass is 16.4. The second kappa shape index (κ2) is 11.3. The second-order valence-corrected chi connectivity index (χ2v) is 11.6. The lowest BCUT2D eigenvalue weighted by Crippen LogP contribution is -2.32. The molecule has 10 nitrogen and oxygen atoms in total. The third-order valence-electron chi connectivity index (χ3n) is 8.62. The molecule has 2 saturated carbocycles. The maximum atomic E-state index is 11.3. The minimum atomic E-state index is -1.39. The number of nitrogens with one attached hydrogen (secondary N) is 1. The molecule has 39 heavy (non-hydrogen) atoms. The van der Waals surface area contributed by atoms with Crippen molar-refractivity contribution < 1.29 is 9.90 Å². The summed E-state index contributed by atoms with van der Waals surface area (Å²) in [4.78, 5) is 33.8. The van der Waals surface area contributed by atoms with Crippen LogP contribution in [0.5, 0.6) is 0 Å². The molecule has 5 rings (SSSR count). The number of imidazole rings is 1. The fourth-order valence-corrected chi connectivity index (χ4v) is 5.95. The molecule has 3 aromatic rings. The molecule has 2 aliphatic rings. The minimum absolute atomic E-state index is 0.0558. The molecule has 0 bridgehead atoms. The SMILES string of the molecule is CCC1CCC(Cn2c(-c3cc(C(C)C)ccn3)nc3nc(C(N)=NC(=O)O)nc(NC(C)C4CCC4)c32)C1. The molecule has 0 saturated heterocycles. The summed E-state index contributed by atoms with van der Waals surface area (Å²) in [5, 5.41) is 12.8. The summed E-state index contributed by atoms with van der Waals surface area (Å²) < 4.78 is 2.23. The fourth-order valence-electron chi connectivity index (χ4n) is 5.95. The number of nitrogens with zero attached hydrogens (tertiary/aromatic N) is 6. The van der Waals surface area contributed by atoms with Crippen molar-refractivity contribution in [3.8, 4) is 11.5 Å². The average molecular weight is 533 g/mol. The van der Waals surface area contributed by atoms with Crippen LogP contribution in [0.1, 0.15) is 89.9 Å². The van der Waals surface area contributed by atoms with Gasteiger partial charge in [-0.3, -0.25) is 4.98 Å². The van der Waals surface area contributed by atoms with Gasteiger partial charge in [-0.15, -0.1) is 0 Å². The summed E-state index contributed by atoms with van der Waals surface area (Å²) in [7, 11) is 0. The molecular weight excluding hydrogens is 492 g/mol. The summed E-state index contributed by atoms with van der Waals surface area (Å²) in [5.74, 6) is 3.35. The zero-order valence-electron chi connectivity index (χ0n) is 23.4. The molecule has 0 aliphatic heterocycles. The molecule has 1 amide bonds. The van der Waals surface area contributed by atoms with Gasteiger partial charge in [-0.05, 0) is 74.0 Å². The van der Waals surface area contributed by atoms with Gasteiger partial charge in [0.15, 0.2) is 28.9 Å². The fraction of sp³-hybridized carbons (Fsp3) is 0.586. The smallest absolute Gasteiger partial charge is 0.433 e. The predicted molar refractivity (Wildman–Crippen MR) is 153 cm³/mol. The van der Waals surface area contributed by atoms with E-state index in [0.717, 1.165) is 29.5 Å². The van der Waals surface area contributed by atoms with Crippen LogP contribution in [0.15, 0.2) is 23.3 Å². The molecular formula is C29H40N8O2. The Balaban J connectivity index is 1.68. The molecule has 3 heterocycles. The highest BCUT2D eigenvalue weighted by molar-refractivity contribution is 6.01. The highest BCUT2D eigenvalue weighted by Crippen LogP contribution is 2.38. The van der Waals surface area contributed by atoms with Crippen LogP contribution in [-0.2, 0) is 6.54 Å². The lowest BCUT2D eigenvalue weighted by molar-refractivity contribution is 0.205. The van der Waals surface area contributed by atoms with Crippen molar-refractivity contribution in [2.24, 2.45) is 28.5 Å². The zero-order valence-corrected chi connectivity index (χ0v) is 23.4. The van der Waals surface area contributed by atoms with E-state index in [1.54, 1.807) is 0 Å². The molecule has 3 aromatic heterocycles. The number of carbonyl (C=O) groups is 1. The monoisotopic (exact) mass is 532 g/mol. The second-order valence-electron chi connectivity index (χ2n) is 11.6. The van der Waals surface area contributed by atoms with Crippen molar-refractivity contribution in [3.05, 3.63) is 29.7 Å². The molecule has 208 valence electrons. The molecule has 0 radical (unpaired) electrons. The molecule has 3 unspecified atom stereocenters. The summed E-state index contributed by atoms with van der Waals surface area (Å²) in [6, 6.07) is 4.33. The number of aliphatic imine (C=N–C) groups is 1. The van der Waals surface area contributed by atoms with Gasteiger partial charge in [0, 0.05) is 18.8 Å². The number of hydrogen-bond donors (Lipinski definition) is 3. The van der Waals surface area contributed by atoms with Crippen LogP contribution in [0.3, 0.4) is 0 Å². The first-order chi connectivity index (χ1) is 18.7. The van der Waals surface area contributed by atoms with E-state index >= 15 is 0 Å². The number of nitrogens with two attached hydrogens (primary N) is 1. The molecule has 2 aliphatic carbocycles. The minimum Gasteiger partial charge on any atom is -0.463 e. The van der Waals surface area contributed by atoms with E-state index in [1.165, 1.54) is 50.5 Å². The molecule has 10 heteroatoms. The summed E-state index contributed by atoms with van der Waals surface area (Å²) in [6.07, 6.45) is 8.85. The normalized spacial score (nSPS) is 20.9. The lowest BCUT2D eigenvalue weighted by atomic mass is 9.80. The number of hydrogen-bond acceptors (Lipinski definition) is 6. The predicted octanol–water partition coefficient (Wildman–Crippen LogP) is 5.82. The first-order valence-corrected chi connectivity index (χ1v) is 14.3. The average Bonchev–Trinajstić information content (AvgIpc) is 3.47. The Bertz CT molecular complexity index is 1380. The molecule has 0 aromatic carbocycles. The van der Waals surface area contributed by atoms with Gasteiger partial charge >= 0.3 is 6.09 Å². The van der Waals surface area contributed by atoms with Crippen LogP contribution >= 0.6 is 0 Å². The summed E-state index contributed by atoms with van der Waals surface area (Å²) in [5.41, 5.74) is 9.27. The van der Waals surface area contributed by atoms with E-state index in [-0.39, 0.29) is 17.7 Å². The van der Waals surface area contributed by atoms with Gasteiger partial charge in [0.1, 0.15) is 11.2 Å². The number of pyridine rings is 1. The van der Waals surface area contributed by atoms with Crippen LogP contribution in [0.2, 0.25) is 0 Å². The van der Waals surface area contributed by atoms with Crippen LogP contribution in [0.4, 0.5) is 10.6 Å². The Morgan fingerprint density at radius 1 is 1.18 bits per heavy atom. The number of carboxylic acid groups (broad SMARTS) is 1. The molecule has 0 spiro atoms. The van der Waals surface area contributed by atoms with Gasteiger partial charge in [-0.1, -0.05) is 40.0 Å². The number of rotatable bonds is 9. The van der Waals surface area contributed by atoms with Gasteiger partial charge in [0.05, 0.1) is 0 Å². The summed E-state index contributed by atoms with van der Waals surface area (Å²) in [6.45, 7) is 9.57. The number of amidine groups is 1. The van der Waals surface area contributed by atoms with E-state index in [4.69, 9.17) is 20.7 Å². The quantitative estimate of drug-likeness (QED) is 0.231. The standard InChI is InChI=1S/C29H40N8O2/c1-5-18-9-10-19(13-18)15-37-23-25(32-17(4)20-7-6-8-20)34-27(24(30)33-29(38)39)35-26(23)36-28(37)22-14-21(16(2)3)11-12-31-22/h11-12,14,16-20H,5-10,13,15H2,1-4H3,(H2,30,33)(H,38,39)(H,32,34,35). The maximum absolute atomic E-state index is 11.3. The summed E-state index contributed by atoms with van der Waals surface area (Å²) >= 11 is 0. The maximum Gasteiger partial charge on any atom is 0.433 e. The Hall–Kier alpha value is -3.56. The van der Waals surface area contributed by atoms with Crippen molar-refractivity contribution in [1.29, 1.82) is 0 Å². The Morgan fingerprint density at radius 2 is 1.95 bits per heavy atom. The van der Waals surface area contributed by atoms with E-state index < -0.39 is 6.09 Å². The first kappa shape index (κ1) is 27.0. The lowest BCUT2D eigenvalue weighted by Gasteiger charge is -2.32. The van der Waals surface area contributed by atoms with E-state index in [1.807, 2.05) is 12.3 Å². The highest BCUT2D eigenvalue weighted by Gasteiger charge is 2.30. The first-order valence-electron chi connectivity index (χ1n) is 14.3. The topological polar surface area (TPSA) is 144 Å². The Labute approximate surface area is 229 Å². The van der Waals surface area contributed by atoms with Crippen molar-refractivity contribution in [1.82, 2.24) is 24.5 Å². The number of anilines is 1. The van der Waals surface area contributed by atoms with Gasteiger partial charge in [0.2, 0.25) is 0 Å². The van der Waals surface area contributed by atoms with Gasteiger partial charge in [-0.2, -0.15) is 4.99 Å². The van der Waals surface area contributed by atoms with Crippen molar-refractivity contribution in [2.75, 3.05) is 5.32 Å². The number of amides is 1. The van der Waals surface area contributed by atoms with Gasteiger partial charge < -0.3 is 20.7 Å². The molecule has 2 fully saturated rings. The van der Waals surface area contributed by atoms with Crippen LogP contribution in [-0.4, -0.2) is 47.6 Å². The van der Waals surface area contributed by atoms with E-state index in [2.05, 4.69) is 53.6 Å². The van der Waals surface area contributed by atoms with E-state index in [0.29, 0.717) is 29.2 Å². The van der Waals surface area contributed by atoms with E-state index in [9.17, 15) is 9.90 Å². The zero-order chi connectivity index (χ0) is 27.7. The Kier molecular flexibility index (Phi) is 7.81. The van der Waals surface area contributed by atoms with Crippen molar-refractivity contribution in [2.45, 2.75) is 91.1 Å². The molecule has 4 N–H and O–H groups in total. The van der Waals surface area contributed by atoms with Crippen LogP contribution in [0, 0.1) is 17.8 Å². The third kappa shape index (κ3) is 5.74. The van der Waals surface area contributed by atoms with Crippen LogP contribution in [0.25, 0.3) is 22.7 Å². The van der Waals surface area contributed by atoms with Crippen molar-refractivity contribution in [3.63, 3.8) is 0 Å².